The minimum Gasteiger partial charge on any atom is -0.507 e. The number of Topliss-reactive ketones (excluding diaryl/α,β-unsaturated/α-hetero) is 1. The number of methoxy groups -OCH3 is 2. The lowest BCUT2D eigenvalue weighted by Gasteiger charge is -2.26. The summed E-state index contributed by atoms with van der Waals surface area (Å²) in [5, 5.41) is 11.2. The van der Waals surface area contributed by atoms with E-state index in [9.17, 15) is 14.7 Å². The molecule has 1 amide bonds. The van der Waals surface area contributed by atoms with Gasteiger partial charge in [0.05, 0.1) is 25.8 Å². The van der Waals surface area contributed by atoms with E-state index >= 15 is 0 Å². The van der Waals surface area contributed by atoms with E-state index in [-0.39, 0.29) is 11.3 Å². The number of rotatable bonds is 9. The molecule has 33 heavy (non-hydrogen) atoms. The van der Waals surface area contributed by atoms with Crippen molar-refractivity contribution in [3.05, 3.63) is 64.7 Å². The molecule has 1 fully saturated rings. The van der Waals surface area contributed by atoms with E-state index in [1.54, 1.807) is 23.1 Å². The van der Waals surface area contributed by atoms with Crippen molar-refractivity contribution in [1.82, 2.24) is 9.80 Å². The van der Waals surface area contributed by atoms with E-state index in [2.05, 4.69) is 6.92 Å². The SMILES string of the molecule is CCc1ccc(C2/C(=C(/O)c3ccc(OC)c(OC)c3)C(=O)C(=O)N2CCCN(C)C)cc1. The van der Waals surface area contributed by atoms with Crippen LogP contribution in [-0.4, -0.2) is 68.0 Å². The topological polar surface area (TPSA) is 79.3 Å². The van der Waals surface area contributed by atoms with E-state index in [0.717, 1.165) is 24.1 Å². The Balaban J connectivity index is 2.11. The summed E-state index contributed by atoms with van der Waals surface area (Å²) >= 11 is 0. The van der Waals surface area contributed by atoms with E-state index in [0.29, 0.717) is 30.0 Å². The third-order valence-corrected chi connectivity index (χ3v) is 5.90. The maximum atomic E-state index is 13.1. The number of carbonyl (C=O) groups excluding carboxylic acids is 2. The van der Waals surface area contributed by atoms with E-state index in [4.69, 9.17) is 9.47 Å². The molecule has 1 atom stereocenters. The van der Waals surface area contributed by atoms with Gasteiger partial charge in [-0.1, -0.05) is 31.2 Å². The molecule has 7 heteroatoms. The number of aryl methyl sites for hydroxylation is 1. The van der Waals surface area contributed by atoms with Crippen LogP contribution >= 0.6 is 0 Å². The zero-order valence-corrected chi connectivity index (χ0v) is 19.9. The fourth-order valence-corrected chi connectivity index (χ4v) is 4.09. The summed E-state index contributed by atoms with van der Waals surface area (Å²) < 4.78 is 10.6. The summed E-state index contributed by atoms with van der Waals surface area (Å²) in [6.45, 7) is 3.26. The molecule has 1 unspecified atom stereocenters. The Morgan fingerprint density at radius 1 is 1.03 bits per heavy atom. The maximum Gasteiger partial charge on any atom is 0.295 e. The number of likely N-dealkylation sites (tertiary alicyclic amines) is 1. The van der Waals surface area contributed by atoms with Crippen LogP contribution in [0.5, 0.6) is 11.5 Å². The number of amides is 1. The van der Waals surface area contributed by atoms with E-state index in [1.807, 2.05) is 43.3 Å². The Bertz CT molecular complexity index is 1040. The first-order chi connectivity index (χ1) is 15.8. The Kier molecular flexibility index (Phi) is 7.76. The molecule has 7 nitrogen and oxygen atoms in total. The van der Waals surface area contributed by atoms with Gasteiger partial charge in [-0.3, -0.25) is 9.59 Å². The third kappa shape index (κ3) is 5.03. The standard InChI is InChI=1S/C26H32N2O5/c1-6-17-8-10-18(11-9-17)23-22(25(30)26(31)28(23)15-7-14-27(2)3)24(29)19-12-13-20(32-4)21(16-19)33-5/h8-13,16,23,29H,6-7,14-15H2,1-5H3/b24-22-. The molecule has 176 valence electrons. The van der Waals surface area contributed by atoms with Crippen LogP contribution in [0.3, 0.4) is 0 Å². The van der Waals surface area contributed by atoms with Gasteiger partial charge in [0.25, 0.3) is 11.7 Å². The molecule has 0 bridgehead atoms. The van der Waals surface area contributed by atoms with E-state index in [1.165, 1.54) is 14.2 Å². The van der Waals surface area contributed by atoms with Gasteiger partial charge in [0.2, 0.25) is 0 Å². The average molecular weight is 453 g/mol. The fourth-order valence-electron chi connectivity index (χ4n) is 4.09. The van der Waals surface area contributed by atoms with Gasteiger partial charge in [-0.15, -0.1) is 0 Å². The minimum absolute atomic E-state index is 0.0846. The summed E-state index contributed by atoms with van der Waals surface area (Å²) in [5.74, 6) is -0.582. The van der Waals surface area contributed by atoms with Crippen molar-refractivity contribution < 1.29 is 24.2 Å². The zero-order chi connectivity index (χ0) is 24.1. The molecule has 1 saturated heterocycles. The van der Waals surface area contributed by atoms with Crippen LogP contribution in [-0.2, 0) is 16.0 Å². The van der Waals surface area contributed by atoms with Gasteiger partial charge in [0, 0.05) is 12.1 Å². The van der Waals surface area contributed by atoms with Crippen LogP contribution in [0.2, 0.25) is 0 Å². The highest BCUT2D eigenvalue weighted by molar-refractivity contribution is 6.46. The number of benzene rings is 2. The molecule has 0 aliphatic carbocycles. The number of aliphatic hydroxyl groups is 1. The first-order valence-corrected chi connectivity index (χ1v) is 11.1. The second kappa shape index (κ2) is 10.5. The number of ether oxygens (including phenoxy) is 2. The second-order valence-electron chi connectivity index (χ2n) is 8.31. The van der Waals surface area contributed by atoms with Crippen molar-refractivity contribution in [3.63, 3.8) is 0 Å². The Morgan fingerprint density at radius 2 is 1.70 bits per heavy atom. The highest BCUT2D eigenvalue weighted by Crippen LogP contribution is 2.40. The predicted octanol–water partition coefficient (Wildman–Crippen LogP) is 3.64. The number of hydrogen-bond acceptors (Lipinski definition) is 6. The van der Waals surface area contributed by atoms with Crippen LogP contribution in [0.25, 0.3) is 5.76 Å². The molecule has 0 radical (unpaired) electrons. The highest BCUT2D eigenvalue weighted by atomic mass is 16.5. The molecule has 2 aromatic carbocycles. The van der Waals surface area contributed by atoms with Gasteiger partial charge in [0.15, 0.2) is 11.5 Å². The third-order valence-electron chi connectivity index (χ3n) is 5.90. The molecule has 0 saturated carbocycles. The monoisotopic (exact) mass is 452 g/mol. The van der Waals surface area contributed by atoms with Crippen LogP contribution in [0.1, 0.15) is 36.1 Å². The number of carbonyl (C=O) groups is 2. The summed E-state index contributed by atoms with van der Waals surface area (Å²) in [7, 11) is 6.95. The smallest absolute Gasteiger partial charge is 0.295 e. The first-order valence-electron chi connectivity index (χ1n) is 11.1. The Morgan fingerprint density at radius 3 is 2.27 bits per heavy atom. The normalized spacial score (nSPS) is 17.6. The van der Waals surface area contributed by atoms with Crippen molar-refractivity contribution in [2.45, 2.75) is 25.8 Å². The molecule has 1 N–H and O–H groups in total. The fraction of sp³-hybridized carbons (Fsp3) is 0.385. The second-order valence-corrected chi connectivity index (χ2v) is 8.31. The predicted molar refractivity (Wildman–Crippen MR) is 128 cm³/mol. The molecule has 3 rings (SSSR count). The van der Waals surface area contributed by atoms with Gasteiger partial charge >= 0.3 is 0 Å². The minimum atomic E-state index is -0.684. The quantitative estimate of drug-likeness (QED) is 0.356. The summed E-state index contributed by atoms with van der Waals surface area (Å²) in [5.41, 5.74) is 2.41. The molecule has 0 spiro atoms. The average Bonchev–Trinajstić information content (AvgIpc) is 3.08. The largest absolute Gasteiger partial charge is 0.507 e. The Labute approximate surface area is 195 Å². The van der Waals surface area contributed by atoms with Gasteiger partial charge in [-0.25, -0.2) is 0 Å². The molecule has 1 aliphatic heterocycles. The van der Waals surface area contributed by atoms with Crippen molar-refractivity contribution in [2.75, 3.05) is 41.4 Å². The molecule has 0 aromatic heterocycles. The molecule has 1 heterocycles. The lowest BCUT2D eigenvalue weighted by Crippen LogP contribution is -2.32. The molecule has 2 aromatic rings. The van der Waals surface area contributed by atoms with Crippen LogP contribution < -0.4 is 9.47 Å². The van der Waals surface area contributed by atoms with Crippen LogP contribution in [0.15, 0.2) is 48.0 Å². The number of hydrogen-bond donors (Lipinski definition) is 1. The number of nitrogens with zero attached hydrogens (tertiary/aromatic N) is 2. The zero-order valence-electron chi connectivity index (χ0n) is 19.9. The molecular formula is C26H32N2O5. The summed E-state index contributed by atoms with van der Waals surface area (Å²) in [6, 6.07) is 12.1. The lowest BCUT2D eigenvalue weighted by molar-refractivity contribution is -0.139. The van der Waals surface area contributed by atoms with Crippen molar-refractivity contribution in [1.29, 1.82) is 0 Å². The summed E-state index contributed by atoms with van der Waals surface area (Å²) in [4.78, 5) is 29.8. The number of ketones is 1. The molecule has 1 aliphatic rings. The van der Waals surface area contributed by atoms with Crippen LogP contribution in [0, 0.1) is 0 Å². The Hall–Kier alpha value is -3.32. The maximum absolute atomic E-state index is 13.1. The lowest BCUT2D eigenvalue weighted by atomic mass is 9.94. The highest BCUT2D eigenvalue weighted by Gasteiger charge is 2.45. The van der Waals surface area contributed by atoms with Crippen LogP contribution in [0.4, 0.5) is 0 Å². The number of aliphatic hydroxyl groups excluding tert-OH is 1. The van der Waals surface area contributed by atoms with Crippen molar-refractivity contribution in [2.24, 2.45) is 0 Å². The van der Waals surface area contributed by atoms with Gasteiger partial charge in [0.1, 0.15) is 5.76 Å². The van der Waals surface area contributed by atoms with Gasteiger partial charge in [-0.05, 0) is 62.8 Å². The van der Waals surface area contributed by atoms with Crippen molar-refractivity contribution in [3.8, 4) is 11.5 Å². The van der Waals surface area contributed by atoms with Gasteiger partial charge in [-0.2, -0.15) is 0 Å². The summed E-state index contributed by atoms with van der Waals surface area (Å²) in [6.07, 6.45) is 1.59. The van der Waals surface area contributed by atoms with Gasteiger partial charge < -0.3 is 24.4 Å². The van der Waals surface area contributed by atoms with E-state index < -0.39 is 17.7 Å². The van der Waals surface area contributed by atoms with Crippen molar-refractivity contribution >= 4 is 17.4 Å². The molecular weight excluding hydrogens is 420 g/mol. The first kappa shape index (κ1) is 24.3.